The first kappa shape index (κ1) is 17.3. The Morgan fingerprint density at radius 2 is 2.11 bits per heavy atom. The summed E-state index contributed by atoms with van der Waals surface area (Å²) in [5, 5.41) is 3.46. The summed E-state index contributed by atoms with van der Waals surface area (Å²) in [4.78, 5) is 22.6. The molecule has 140 valence electrons. The van der Waals surface area contributed by atoms with Gasteiger partial charge in [-0.3, -0.25) is 9.69 Å². The number of rotatable bonds is 0. The molecule has 5 nitrogen and oxygen atoms in total. The highest BCUT2D eigenvalue weighted by Gasteiger charge is 2.59. The number of carbonyl (C=O) groups is 1. The number of carbonyl (C=O) groups excluding carboxylic acids is 1. The van der Waals surface area contributed by atoms with Crippen LogP contribution in [0.4, 0.5) is 5.69 Å². The van der Waals surface area contributed by atoms with E-state index in [4.69, 9.17) is 11.6 Å². The summed E-state index contributed by atoms with van der Waals surface area (Å²) >= 11 is 10.5. The lowest BCUT2D eigenvalue weighted by Crippen LogP contribution is -2.52. The zero-order chi connectivity index (χ0) is 19.0. The molecule has 3 aliphatic heterocycles. The third-order valence-electron chi connectivity index (χ3n) is 6.34. The number of nitrogens with one attached hydrogen (secondary N) is 2. The Morgan fingerprint density at radius 1 is 1.33 bits per heavy atom. The van der Waals surface area contributed by atoms with Crippen LogP contribution in [-0.4, -0.2) is 31.8 Å². The van der Waals surface area contributed by atoms with Crippen molar-refractivity contribution in [2.45, 2.75) is 49.1 Å². The second kappa shape index (κ2) is 5.61. The van der Waals surface area contributed by atoms with Gasteiger partial charge < -0.3 is 10.3 Å². The second-order valence-corrected chi connectivity index (χ2v) is 9.43. The molecule has 1 aromatic carbocycles. The Balaban J connectivity index is 1.69. The third kappa shape index (κ3) is 2.29. The average molecular weight is 448 g/mol. The maximum absolute atomic E-state index is 12.9. The van der Waals surface area contributed by atoms with E-state index in [1.807, 2.05) is 29.3 Å². The standard InChI is InChI=1S/C20H20BrClN4O/c1-19(2)15(22)10-20-12(11-5-3-4-6-13(11)25-20)9-16(27)26(20)8-7-14-17(19)24-18(21)23-14/h3-8,12,15,25H,9-10H2,1-2H3,(H,23,24)/b8-7-/t12-,15+,20-/m1/s1. The van der Waals surface area contributed by atoms with E-state index in [-0.39, 0.29) is 22.6 Å². The van der Waals surface area contributed by atoms with Gasteiger partial charge in [0.2, 0.25) is 5.91 Å². The van der Waals surface area contributed by atoms with Gasteiger partial charge in [-0.2, -0.15) is 0 Å². The molecule has 0 saturated carbocycles. The van der Waals surface area contributed by atoms with Gasteiger partial charge in [-0.05, 0) is 33.6 Å². The van der Waals surface area contributed by atoms with Gasteiger partial charge in [0, 0.05) is 41.4 Å². The highest BCUT2D eigenvalue weighted by molar-refractivity contribution is 9.10. The Hall–Kier alpha value is -1.79. The van der Waals surface area contributed by atoms with Gasteiger partial charge in [-0.1, -0.05) is 32.0 Å². The molecule has 7 heteroatoms. The number of para-hydroxylation sites is 1. The number of hydrogen-bond acceptors (Lipinski definition) is 3. The predicted octanol–water partition coefficient (Wildman–Crippen LogP) is 4.57. The van der Waals surface area contributed by atoms with Crippen LogP contribution in [0.5, 0.6) is 0 Å². The molecule has 0 radical (unpaired) electrons. The lowest BCUT2D eigenvalue weighted by atomic mass is 9.78. The molecule has 1 saturated heterocycles. The Kier molecular flexibility index (Phi) is 3.60. The zero-order valence-electron chi connectivity index (χ0n) is 15.1. The smallest absolute Gasteiger partial charge is 0.229 e. The quantitative estimate of drug-likeness (QED) is 0.582. The van der Waals surface area contributed by atoms with E-state index in [9.17, 15) is 4.79 Å². The molecule has 1 aromatic heterocycles. The molecule has 1 spiro atoms. The zero-order valence-corrected chi connectivity index (χ0v) is 17.4. The SMILES string of the molecule is CC1(C)c2[nH]c(Br)nc2/C=C\N2C(=O)C[C@@H]3c4ccccc4N[C@@]32C[C@@H]1Cl. The number of aromatic nitrogens is 2. The van der Waals surface area contributed by atoms with Gasteiger partial charge in [0.05, 0.1) is 11.4 Å². The lowest BCUT2D eigenvalue weighted by molar-refractivity contribution is -0.127. The van der Waals surface area contributed by atoms with Crippen LogP contribution in [-0.2, 0) is 10.2 Å². The molecule has 2 aromatic rings. The van der Waals surface area contributed by atoms with Crippen molar-refractivity contribution >= 4 is 45.2 Å². The highest BCUT2D eigenvalue weighted by Crippen LogP contribution is 2.55. The first-order valence-corrected chi connectivity index (χ1v) is 10.3. The maximum atomic E-state index is 12.9. The number of fused-ring (bicyclic) bond motifs is 3. The number of aromatic amines is 1. The summed E-state index contributed by atoms with van der Waals surface area (Å²) in [6.07, 6.45) is 4.90. The molecule has 0 aliphatic carbocycles. The van der Waals surface area contributed by atoms with Crippen LogP contribution in [0.1, 0.15) is 49.6 Å². The summed E-state index contributed by atoms with van der Waals surface area (Å²) in [5.74, 6) is 0.192. The molecule has 3 atom stereocenters. The molecule has 5 rings (SSSR count). The Labute approximate surface area is 171 Å². The van der Waals surface area contributed by atoms with Crippen LogP contribution in [0, 0.1) is 0 Å². The topological polar surface area (TPSA) is 61.0 Å². The van der Waals surface area contributed by atoms with E-state index < -0.39 is 5.66 Å². The summed E-state index contributed by atoms with van der Waals surface area (Å²) in [6, 6.07) is 8.25. The number of nitrogens with zero attached hydrogens (tertiary/aromatic N) is 2. The minimum Gasteiger partial charge on any atom is -0.362 e. The number of anilines is 1. The average Bonchev–Trinajstić information content (AvgIpc) is 3.21. The lowest BCUT2D eigenvalue weighted by Gasteiger charge is -2.41. The number of halogens is 2. The van der Waals surface area contributed by atoms with Crippen molar-refractivity contribution in [3.05, 3.63) is 52.2 Å². The minimum atomic E-state index is -0.540. The largest absolute Gasteiger partial charge is 0.362 e. The van der Waals surface area contributed by atoms with Crippen LogP contribution < -0.4 is 5.32 Å². The first-order chi connectivity index (χ1) is 12.8. The molecule has 0 bridgehead atoms. The Morgan fingerprint density at radius 3 is 2.93 bits per heavy atom. The van der Waals surface area contributed by atoms with Gasteiger partial charge in [-0.25, -0.2) is 4.98 Å². The van der Waals surface area contributed by atoms with Crippen LogP contribution in [0.15, 0.2) is 35.2 Å². The monoisotopic (exact) mass is 446 g/mol. The third-order valence-corrected chi connectivity index (χ3v) is 7.42. The molecular formula is C20H20BrClN4O. The number of alkyl halides is 1. The summed E-state index contributed by atoms with van der Waals surface area (Å²) in [5.41, 5.74) is 3.18. The molecular weight excluding hydrogens is 428 g/mol. The molecule has 2 N–H and O–H groups in total. The maximum Gasteiger partial charge on any atom is 0.229 e. The number of amides is 1. The van der Waals surface area contributed by atoms with Crippen LogP contribution in [0.3, 0.4) is 0 Å². The number of hydrogen-bond donors (Lipinski definition) is 2. The van der Waals surface area contributed by atoms with Crippen molar-refractivity contribution < 1.29 is 4.79 Å². The van der Waals surface area contributed by atoms with Crippen LogP contribution in [0.2, 0.25) is 0 Å². The van der Waals surface area contributed by atoms with Gasteiger partial charge in [0.15, 0.2) is 4.73 Å². The van der Waals surface area contributed by atoms with Crippen molar-refractivity contribution in [2.75, 3.05) is 5.32 Å². The number of imidazole rings is 1. The first-order valence-electron chi connectivity index (χ1n) is 9.10. The van der Waals surface area contributed by atoms with Gasteiger partial charge >= 0.3 is 0 Å². The van der Waals surface area contributed by atoms with Crippen LogP contribution >= 0.6 is 27.5 Å². The van der Waals surface area contributed by atoms with Crippen molar-refractivity contribution in [3.63, 3.8) is 0 Å². The number of H-pyrrole nitrogens is 1. The van der Waals surface area contributed by atoms with E-state index >= 15 is 0 Å². The van der Waals surface area contributed by atoms with Crippen molar-refractivity contribution in [1.82, 2.24) is 14.9 Å². The minimum absolute atomic E-state index is 0.0824. The predicted molar refractivity (Wildman–Crippen MR) is 110 cm³/mol. The van der Waals surface area contributed by atoms with E-state index in [0.29, 0.717) is 17.6 Å². The Bertz CT molecular complexity index is 984. The highest BCUT2D eigenvalue weighted by atomic mass is 79.9. The van der Waals surface area contributed by atoms with Crippen molar-refractivity contribution in [2.24, 2.45) is 0 Å². The van der Waals surface area contributed by atoms with Crippen LogP contribution in [0.25, 0.3) is 6.08 Å². The van der Waals surface area contributed by atoms with Gasteiger partial charge in [0.25, 0.3) is 0 Å². The van der Waals surface area contributed by atoms with Gasteiger partial charge in [-0.15, -0.1) is 11.6 Å². The fourth-order valence-corrected chi connectivity index (χ4v) is 5.53. The number of benzene rings is 1. The molecule has 3 aliphatic rings. The van der Waals surface area contributed by atoms with E-state index in [1.54, 1.807) is 0 Å². The van der Waals surface area contributed by atoms with Crippen molar-refractivity contribution in [1.29, 1.82) is 0 Å². The summed E-state index contributed by atoms with van der Waals surface area (Å²) < 4.78 is 0.668. The molecule has 4 heterocycles. The second-order valence-electron chi connectivity index (χ2n) is 8.15. The normalized spacial score (nSPS) is 31.7. The summed E-state index contributed by atoms with van der Waals surface area (Å²) in [6.45, 7) is 4.25. The van der Waals surface area contributed by atoms with E-state index in [1.165, 1.54) is 5.56 Å². The molecule has 1 fully saturated rings. The molecule has 1 amide bonds. The summed E-state index contributed by atoms with van der Waals surface area (Å²) in [7, 11) is 0. The fraction of sp³-hybridized carbons (Fsp3) is 0.400. The molecule has 27 heavy (non-hydrogen) atoms. The molecule has 0 unspecified atom stereocenters. The van der Waals surface area contributed by atoms with E-state index in [2.05, 4.69) is 57.2 Å². The van der Waals surface area contributed by atoms with Gasteiger partial charge in [0.1, 0.15) is 5.66 Å². The fourth-order valence-electron chi connectivity index (χ4n) is 4.80. The van der Waals surface area contributed by atoms with E-state index in [0.717, 1.165) is 17.1 Å². The van der Waals surface area contributed by atoms with Crippen molar-refractivity contribution in [3.8, 4) is 0 Å².